The van der Waals surface area contributed by atoms with E-state index in [4.69, 9.17) is 5.21 Å². The van der Waals surface area contributed by atoms with Gasteiger partial charge in [-0.2, -0.15) is 0 Å². The van der Waals surface area contributed by atoms with Crippen LogP contribution in [0.3, 0.4) is 0 Å². The molecule has 80 valence electrons. The van der Waals surface area contributed by atoms with Gasteiger partial charge in [-0.05, 0) is 19.0 Å². The fraction of sp³-hybridized carbons (Fsp3) is 0.300. The summed E-state index contributed by atoms with van der Waals surface area (Å²) in [6, 6.07) is 8.22. The molecule has 0 aromatic heterocycles. The summed E-state index contributed by atoms with van der Waals surface area (Å²) in [6.45, 7) is 3.29. The van der Waals surface area contributed by atoms with Crippen LogP contribution in [0, 0.1) is 5.21 Å². The molecule has 1 unspecified atom stereocenters. The minimum absolute atomic E-state index is 0.395. The lowest BCUT2D eigenvalue weighted by atomic mass is 10.2. The highest BCUT2D eigenvalue weighted by Crippen LogP contribution is 2.10. The minimum Gasteiger partial charge on any atom is -0.594 e. The van der Waals surface area contributed by atoms with Crippen molar-refractivity contribution in [2.75, 3.05) is 0 Å². The van der Waals surface area contributed by atoms with Gasteiger partial charge in [0.05, 0.1) is 5.71 Å². The average molecular weight is 207 g/mol. The molecule has 0 saturated heterocycles. The van der Waals surface area contributed by atoms with Gasteiger partial charge in [0.25, 0.3) is 0 Å². The number of rotatable bonds is 3. The molecule has 5 nitrogen and oxygen atoms in total. The molecule has 1 aromatic carbocycles. The van der Waals surface area contributed by atoms with Crippen molar-refractivity contribution in [3.05, 3.63) is 35.5 Å². The number of nitrogens with zero attached hydrogens (tertiary/aromatic N) is 3. The highest BCUT2D eigenvalue weighted by atomic mass is 16.5. The van der Waals surface area contributed by atoms with Gasteiger partial charge < -0.3 is 10.4 Å². The van der Waals surface area contributed by atoms with E-state index in [2.05, 4.69) is 10.3 Å². The van der Waals surface area contributed by atoms with Gasteiger partial charge in [0.1, 0.15) is 0 Å². The van der Waals surface area contributed by atoms with E-state index >= 15 is 0 Å². The van der Waals surface area contributed by atoms with Crippen LogP contribution in [0.2, 0.25) is 0 Å². The monoisotopic (exact) mass is 207 g/mol. The topological polar surface area (TPSA) is 71.0 Å². The first-order valence-electron chi connectivity index (χ1n) is 4.56. The first-order valence-corrected chi connectivity index (χ1v) is 4.56. The molecule has 0 fully saturated rings. The summed E-state index contributed by atoms with van der Waals surface area (Å²) in [5.74, 6) is 0. The predicted molar refractivity (Wildman–Crippen MR) is 56.5 cm³/mol. The first kappa shape index (κ1) is 11.2. The number of benzene rings is 1. The van der Waals surface area contributed by atoms with Crippen LogP contribution in [0.5, 0.6) is 0 Å². The number of hydrogen-bond acceptors (Lipinski definition) is 4. The van der Waals surface area contributed by atoms with E-state index in [9.17, 15) is 5.21 Å². The Morgan fingerprint density at radius 1 is 1.40 bits per heavy atom. The fourth-order valence-corrected chi connectivity index (χ4v) is 0.947. The Hall–Kier alpha value is -1.91. The molecule has 0 heterocycles. The van der Waals surface area contributed by atoms with Gasteiger partial charge in [-0.3, -0.25) is 0 Å². The summed E-state index contributed by atoms with van der Waals surface area (Å²) >= 11 is 0. The van der Waals surface area contributed by atoms with Crippen molar-refractivity contribution in [2.45, 2.75) is 19.9 Å². The quantitative estimate of drug-likeness (QED) is 0.272. The SMILES string of the molecule is CC(=NO)C(C)N=[N+]([O-])c1ccccc1. The van der Waals surface area contributed by atoms with E-state index in [1.165, 1.54) is 0 Å². The average Bonchev–Trinajstić information content (AvgIpc) is 2.29. The Balaban J connectivity index is 2.85. The van der Waals surface area contributed by atoms with Gasteiger partial charge in [0.15, 0.2) is 6.04 Å². The maximum Gasteiger partial charge on any atom is 0.244 e. The Bertz CT molecular complexity index is 374. The largest absolute Gasteiger partial charge is 0.594 e. The van der Waals surface area contributed by atoms with Crippen molar-refractivity contribution in [1.29, 1.82) is 0 Å². The van der Waals surface area contributed by atoms with E-state index in [1.807, 2.05) is 6.07 Å². The number of azo groups is 1. The van der Waals surface area contributed by atoms with Crippen LogP contribution in [0.15, 0.2) is 40.6 Å². The van der Waals surface area contributed by atoms with Gasteiger partial charge in [-0.25, -0.2) is 0 Å². The Labute approximate surface area is 87.9 Å². The molecule has 0 aliphatic rings. The maximum atomic E-state index is 11.5. The Morgan fingerprint density at radius 2 is 2.00 bits per heavy atom. The van der Waals surface area contributed by atoms with E-state index in [0.29, 0.717) is 16.3 Å². The van der Waals surface area contributed by atoms with Crippen LogP contribution >= 0.6 is 0 Å². The summed E-state index contributed by atoms with van der Waals surface area (Å²) in [5, 5.41) is 26.8. The van der Waals surface area contributed by atoms with Crippen LogP contribution in [0.25, 0.3) is 0 Å². The molecule has 15 heavy (non-hydrogen) atoms. The van der Waals surface area contributed by atoms with Crippen LogP contribution in [-0.2, 0) is 0 Å². The first-order chi connectivity index (χ1) is 7.15. The zero-order valence-corrected chi connectivity index (χ0v) is 8.66. The third kappa shape index (κ3) is 3.05. The molecule has 0 spiro atoms. The minimum atomic E-state index is -0.437. The van der Waals surface area contributed by atoms with Crippen LogP contribution in [-0.4, -0.2) is 21.8 Å². The molecular weight excluding hydrogens is 194 g/mol. The molecule has 0 saturated carbocycles. The number of hydrogen-bond donors (Lipinski definition) is 1. The van der Waals surface area contributed by atoms with Gasteiger partial charge in [-0.1, -0.05) is 28.2 Å². The van der Waals surface area contributed by atoms with Crippen LogP contribution in [0.1, 0.15) is 13.8 Å². The van der Waals surface area contributed by atoms with Crippen molar-refractivity contribution >= 4 is 11.4 Å². The summed E-state index contributed by atoms with van der Waals surface area (Å²) in [6.07, 6.45) is 0. The molecule has 0 aliphatic carbocycles. The highest BCUT2D eigenvalue weighted by molar-refractivity contribution is 5.86. The second-order valence-electron chi connectivity index (χ2n) is 3.14. The molecule has 0 bridgehead atoms. The molecule has 1 aromatic rings. The zero-order valence-electron chi connectivity index (χ0n) is 8.66. The lowest BCUT2D eigenvalue weighted by Gasteiger charge is -2.03. The molecule has 1 rings (SSSR count). The van der Waals surface area contributed by atoms with Gasteiger partial charge in [0.2, 0.25) is 5.69 Å². The molecule has 1 atom stereocenters. The van der Waals surface area contributed by atoms with Gasteiger partial charge >= 0.3 is 0 Å². The van der Waals surface area contributed by atoms with Crippen LogP contribution < -0.4 is 0 Å². The summed E-state index contributed by atoms with van der Waals surface area (Å²) in [7, 11) is 0. The third-order valence-electron chi connectivity index (χ3n) is 2.02. The summed E-state index contributed by atoms with van der Waals surface area (Å²) < 4.78 is 0. The lowest BCUT2D eigenvalue weighted by Crippen LogP contribution is -2.13. The normalized spacial score (nSPS) is 15.1. The summed E-state index contributed by atoms with van der Waals surface area (Å²) in [4.78, 5) is 0.527. The zero-order chi connectivity index (χ0) is 11.3. The van der Waals surface area contributed by atoms with Gasteiger partial charge in [-0.15, -0.1) is 0 Å². The smallest absolute Gasteiger partial charge is 0.244 e. The van der Waals surface area contributed by atoms with Gasteiger partial charge in [0, 0.05) is 12.1 Å². The van der Waals surface area contributed by atoms with E-state index in [-0.39, 0.29) is 0 Å². The second-order valence-corrected chi connectivity index (χ2v) is 3.14. The number of oxime groups is 1. The van der Waals surface area contributed by atoms with E-state index < -0.39 is 6.04 Å². The third-order valence-corrected chi connectivity index (χ3v) is 2.02. The highest BCUT2D eigenvalue weighted by Gasteiger charge is 2.10. The Kier molecular flexibility index (Phi) is 3.79. The molecule has 0 aliphatic heterocycles. The van der Waals surface area contributed by atoms with E-state index in [1.54, 1.807) is 38.1 Å². The van der Waals surface area contributed by atoms with E-state index in [0.717, 1.165) is 0 Å². The maximum absolute atomic E-state index is 11.5. The van der Waals surface area contributed by atoms with Crippen molar-refractivity contribution in [3.63, 3.8) is 0 Å². The molecule has 5 heteroatoms. The van der Waals surface area contributed by atoms with Crippen molar-refractivity contribution in [3.8, 4) is 0 Å². The molecule has 0 radical (unpaired) electrons. The molecule has 1 N–H and O–H groups in total. The second kappa shape index (κ2) is 5.09. The summed E-state index contributed by atoms with van der Waals surface area (Å²) in [5.41, 5.74) is 0.849. The standard InChI is InChI=1S/C10H13N3O2/c1-8(9(2)12-14)11-13(15)10-6-4-3-5-7-10/h3-8,14H,1-2H3. The molecular formula is C10H13N3O2. The van der Waals surface area contributed by atoms with Crippen molar-refractivity contribution in [2.24, 2.45) is 10.3 Å². The number of para-hydroxylation sites is 1. The Morgan fingerprint density at radius 3 is 2.53 bits per heavy atom. The fourth-order valence-electron chi connectivity index (χ4n) is 0.947. The van der Waals surface area contributed by atoms with Crippen LogP contribution in [0.4, 0.5) is 5.69 Å². The van der Waals surface area contributed by atoms with Crippen molar-refractivity contribution in [1.82, 2.24) is 0 Å². The predicted octanol–water partition coefficient (Wildman–Crippen LogP) is 2.52. The lowest BCUT2D eigenvalue weighted by molar-refractivity contribution is -0.444. The van der Waals surface area contributed by atoms with Crippen molar-refractivity contribution < 1.29 is 10.1 Å². The molecule has 0 amide bonds.